The van der Waals surface area contributed by atoms with Crippen LogP contribution < -0.4 is 0 Å². The maximum Gasteiger partial charge on any atom is 0.339 e. The Labute approximate surface area is 278 Å². The van der Waals surface area contributed by atoms with Crippen molar-refractivity contribution in [1.29, 1.82) is 0 Å². The van der Waals surface area contributed by atoms with Gasteiger partial charge in [0.2, 0.25) is 11.2 Å². The van der Waals surface area contributed by atoms with Crippen molar-refractivity contribution in [3.05, 3.63) is 226 Å². The van der Waals surface area contributed by atoms with Gasteiger partial charge in [-0.2, -0.15) is 0 Å². The molecule has 0 saturated heterocycles. The molecule has 2 spiro atoms. The molecule has 9 rings (SSSR count). The molecule has 3 aliphatic rings. The Morgan fingerprint density at radius 3 is 0.938 bits per heavy atom. The zero-order chi connectivity index (χ0) is 32.3. The Balaban J connectivity index is 1.56. The van der Waals surface area contributed by atoms with Crippen molar-refractivity contribution in [2.75, 3.05) is 0 Å². The Morgan fingerprint density at radius 2 is 0.625 bits per heavy atom. The molecule has 1 aliphatic carbocycles. The van der Waals surface area contributed by atoms with Gasteiger partial charge in [-0.15, -0.1) is 0 Å². The lowest BCUT2D eigenvalue weighted by molar-refractivity contribution is -0.144. The summed E-state index contributed by atoms with van der Waals surface area (Å²) in [7, 11) is 0. The number of carbonyl (C=O) groups is 2. The SMILES string of the molecule is O=C1O[C@]2(C(=C(c3ccccc3)c3ccccc3)C(=C(c3ccccc3)c3ccccc3)[C@]23OC(=O)c2ccccc23)c2ccccc21. The van der Waals surface area contributed by atoms with Crippen molar-refractivity contribution in [1.82, 2.24) is 0 Å². The fourth-order valence-corrected chi connectivity index (χ4v) is 7.90. The Kier molecular flexibility index (Phi) is 6.21. The minimum atomic E-state index is -1.49. The summed E-state index contributed by atoms with van der Waals surface area (Å²) in [6.07, 6.45) is 0. The molecule has 1 fully saturated rings. The van der Waals surface area contributed by atoms with E-state index in [0.717, 1.165) is 44.5 Å². The molecule has 2 aliphatic heterocycles. The molecule has 48 heavy (non-hydrogen) atoms. The first-order valence-electron chi connectivity index (χ1n) is 16.0. The molecule has 0 bridgehead atoms. The highest BCUT2D eigenvalue weighted by Crippen LogP contribution is 2.74. The standard InChI is InChI=1S/C44H28O4/c45-41-33-25-13-15-27-35(33)43(47-41)39(37(29-17-5-1-6-18-29)30-19-7-2-8-20-30)40(44(43)36-28-16-14-26-34(36)42(46)48-44)38(31-21-9-3-10-22-31)32-23-11-4-12-24-32/h1-28H/t43-,44-/m0/s1. The fraction of sp³-hybridized carbons (Fsp3) is 0.0455. The quantitative estimate of drug-likeness (QED) is 0.185. The van der Waals surface area contributed by atoms with Gasteiger partial charge in [-0.25, -0.2) is 9.59 Å². The number of carbonyl (C=O) groups excluding carboxylic acids is 2. The summed E-state index contributed by atoms with van der Waals surface area (Å²) in [5.74, 6) is -0.910. The Bertz CT molecular complexity index is 2060. The van der Waals surface area contributed by atoms with Gasteiger partial charge < -0.3 is 9.47 Å². The molecule has 1 saturated carbocycles. The van der Waals surface area contributed by atoms with Crippen LogP contribution in [0.3, 0.4) is 0 Å². The third-order valence-electron chi connectivity index (χ3n) is 9.74. The molecule has 228 valence electrons. The monoisotopic (exact) mass is 620 g/mol. The van der Waals surface area contributed by atoms with Gasteiger partial charge in [0.1, 0.15) is 0 Å². The predicted molar refractivity (Wildman–Crippen MR) is 185 cm³/mol. The van der Waals surface area contributed by atoms with Gasteiger partial charge in [0.25, 0.3) is 0 Å². The van der Waals surface area contributed by atoms with Gasteiger partial charge in [-0.05, 0) is 45.5 Å². The number of esters is 2. The molecule has 0 N–H and O–H groups in total. The number of hydrogen-bond donors (Lipinski definition) is 0. The maximum absolute atomic E-state index is 14.1. The van der Waals surface area contributed by atoms with Crippen LogP contribution in [0.25, 0.3) is 11.1 Å². The van der Waals surface area contributed by atoms with E-state index in [1.54, 1.807) is 12.1 Å². The van der Waals surface area contributed by atoms with E-state index in [1.807, 2.05) is 109 Å². The first kappa shape index (κ1) is 28.0. The van der Waals surface area contributed by atoms with E-state index in [1.165, 1.54) is 0 Å². The second kappa shape index (κ2) is 10.6. The predicted octanol–water partition coefficient (Wildman–Crippen LogP) is 9.14. The number of benzene rings is 6. The minimum absolute atomic E-state index is 0.454. The van der Waals surface area contributed by atoms with Crippen LogP contribution in [-0.4, -0.2) is 11.9 Å². The average Bonchev–Trinajstić information content (AvgIpc) is 3.65. The molecule has 6 aromatic rings. The van der Waals surface area contributed by atoms with Crippen LogP contribution in [0, 0.1) is 0 Å². The summed E-state index contributed by atoms with van der Waals surface area (Å²) in [5, 5.41) is 0. The molecule has 4 heteroatoms. The maximum atomic E-state index is 14.1. The van der Waals surface area contributed by atoms with E-state index in [9.17, 15) is 9.59 Å². The molecular weight excluding hydrogens is 592 g/mol. The fourth-order valence-electron chi connectivity index (χ4n) is 7.90. The lowest BCUT2D eigenvalue weighted by Crippen LogP contribution is -2.63. The van der Waals surface area contributed by atoms with Gasteiger partial charge in [-0.1, -0.05) is 158 Å². The number of ether oxygens (including phenoxy) is 2. The molecule has 0 radical (unpaired) electrons. The van der Waals surface area contributed by atoms with Crippen LogP contribution in [0.2, 0.25) is 0 Å². The van der Waals surface area contributed by atoms with Crippen molar-refractivity contribution in [3.63, 3.8) is 0 Å². The summed E-state index contributed by atoms with van der Waals surface area (Å²) in [6.45, 7) is 0. The number of hydrogen-bond acceptors (Lipinski definition) is 4. The van der Waals surface area contributed by atoms with Crippen molar-refractivity contribution in [3.8, 4) is 0 Å². The normalized spacial score (nSPS) is 20.2. The highest BCUT2D eigenvalue weighted by atomic mass is 16.6. The van der Waals surface area contributed by atoms with Crippen LogP contribution in [0.15, 0.2) is 181 Å². The molecule has 6 aromatic carbocycles. The summed E-state index contributed by atoms with van der Waals surface area (Å²) in [4.78, 5) is 28.1. The van der Waals surface area contributed by atoms with Crippen molar-refractivity contribution in [2.45, 2.75) is 11.2 Å². The van der Waals surface area contributed by atoms with Crippen LogP contribution in [0.1, 0.15) is 54.1 Å². The lowest BCUT2D eigenvalue weighted by Gasteiger charge is -2.58. The van der Waals surface area contributed by atoms with E-state index in [4.69, 9.17) is 9.47 Å². The molecule has 0 unspecified atom stereocenters. The Hall–Kier alpha value is -6.26. The van der Waals surface area contributed by atoms with E-state index in [0.29, 0.717) is 22.3 Å². The van der Waals surface area contributed by atoms with E-state index >= 15 is 0 Å². The van der Waals surface area contributed by atoms with E-state index in [-0.39, 0.29) is 0 Å². The molecule has 0 aromatic heterocycles. The van der Waals surface area contributed by atoms with Crippen molar-refractivity contribution >= 4 is 23.1 Å². The first-order chi connectivity index (χ1) is 23.6. The second-order valence-corrected chi connectivity index (χ2v) is 12.2. The summed E-state index contributed by atoms with van der Waals surface area (Å²) in [6, 6.07) is 55.6. The zero-order valence-corrected chi connectivity index (χ0v) is 25.8. The van der Waals surface area contributed by atoms with Gasteiger partial charge in [0, 0.05) is 22.3 Å². The highest BCUT2D eigenvalue weighted by Gasteiger charge is 2.79. The highest BCUT2D eigenvalue weighted by molar-refractivity contribution is 6.07. The first-order valence-corrected chi connectivity index (χ1v) is 16.0. The third kappa shape index (κ3) is 3.71. The second-order valence-electron chi connectivity index (χ2n) is 12.2. The number of rotatable bonds is 4. The molecule has 2 heterocycles. The zero-order valence-electron chi connectivity index (χ0n) is 25.8. The van der Waals surface area contributed by atoms with E-state index < -0.39 is 23.1 Å². The van der Waals surface area contributed by atoms with Gasteiger partial charge in [0.05, 0.1) is 11.1 Å². The van der Waals surface area contributed by atoms with Crippen LogP contribution >= 0.6 is 0 Å². The lowest BCUT2D eigenvalue weighted by atomic mass is 9.49. The number of fused-ring (bicyclic) bond motifs is 5. The summed E-state index contributed by atoms with van der Waals surface area (Å²) in [5.41, 5.74) is 6.41. The van der Waals surface area contributed by atoms with Crippen LogP contribution in [-0.2, 0) is 20.7 Å². The van der Waals surface area contributed by atoms with Crippen molar-refractivity contribution in [2.24, 2.45) is 0 Å². The van der Waals surface area contributed by atoms with E-state index in [2.05, 4.69) is 48.5 Å². The largest absolute Gasteiger partial charge is 0.440 e. The summed E-state index contributed by atoms with van der Waals surface area (Å²) >= 11 is 0. The van der Waals surface area contributed by atoms with Gasteiger partial charge in [0.15, 0.2) is 0 Å². The van der Waals surface area contributed by atoms with Crippen LogP contribution in [0.5, 0.6) is 0 Å². The summed E-state index contributed by atoms with van der Waals surface area (Å²) < 4.78 is 13.6. The topological polar surface area (TPSA) is 52.6 Å². The van der Waals surface area contributed by atoms with Gasteiger partial charge >= 0.3 is 11.9 Å². The molecule has 0 amide bonds. The van der Waals surface area contributed by atoms with Gasteiger partial charge in [-0.3, -0.25) is 0 Å². The van der Waals surface area contributed by atoms with Crippen LogP contribution in [0.4, 0.5) is 0 Å². The smallest absolute Gasteiger partial charge is 0.339 e. The molecular formula is C44H28O4. The Morgan fingerprint density at radius 1 is 0.354 bits per heavy atom. The van der Waals surface area contributed by atoms with Crippen molar-refractivity contribution < 1.29 is 19.1 Å². The minimum Gasteiger partial charge on any atom is -0.440 e. The average molecular weight is 621 g/mol. The molecule has 2 atom stereocenters. The molecule has 4 nitrogen and oxygen atoms in total. The third-order valence-corrected chi connectivity index (χ3v) is 9.74.